The van der Waals surface area contributed by atoms with Crippen LogP contribution in [0.1, 0.15) is 28.3 Å². The molecule has 1 aromatic carbocycles. The predicted octanol–water partition coefficient (Wildman–Crippen LogP) is 2.02. The van der Waals surface area contributed by atoms with Crippen LogP contribution in [0.4, 0.5) is 0 Å². The summed E-state index contributed by atoms with van der Waals surface area (Å²) in [7, 11) is 0. The van der Waals surface area contributed by atoms with Crippen LogP contribution in [0.2, 0.25) is 0 Å². The zero-order chi connectivity index (χ0) is 14.7. The number of phenolic OH excluding ortho intramolecular Hbond substituents is 1. The van der Waals surface area contributed by atoms with Crippen LogP contribution in [0.5, 0.6) is 5.75 Å². The molecule has 0 fully saturated rings. The second-order valence-electron chi connectivity index (χ2n) is 4.71. The molecule has 5 nitrogen and oxygen atoms in total. The Kier molecular flexibility index (Phi) is 3.98. The van der Waals surface area contributed by atoms with E-state index in [0.29, 0.717) is 29.2 Å². The second kappa shape index (κ2) is 5.69. The minimum Gasteiger partial charge on any atom is -0.508 e. The van der Waals surface area contributed by atoms with E-state index in [9.17, 15) is 9.90 Å². The van der Waals surface area contributed by atoms with Gasteiger partial charge in [0.25, 0.3) is 0 Å². The number of carbonyl (C=O) groups is 1. The van der Waals surface area contributed by atoms with Crippen molar-refractivity contribution in [3.8, 4) is 5.75 Å². The van der Waals surface area contributed by atoms with Crippen molar-refractivity contribution in [3.05, 3.63) is 52.6 Å². The van der Waals surface area contributed by atoms with Crippen LogP contribution in [0.15, 0.2) is 24.3 Å². The number of carboxylic acid groups (broad SMARTS) is 1. The van der Waals surface area contributed by atoms with E-state index >= 15 is 0 Å². The van der Waals surface area contributed by atoms with E-state index in [1.165, 1.54) is 0 Å². The van der Waals surface area contributed by atoms with Crippen LogP contribution < -0.4 is 0 Å². The van der Waals surface area contributed by atoms with Gasteiger partial charge in [0.1, 0.15) is 11.6 Å². The van der Waals surface area contributed by atoms with Gasteiger partial charge in [0.05, 0.1) is 6.42 Å². The number of carboxylic acids is 1. The van der Waals surface area contributed by atoms with E-state index in [4.69, 9.17) is 5.11 Å². The minimum atomic E-state index is -0.888. The van der Waals surface area contributed by atoms with Gasteiger partial charge >= 0.3 is 5.97 Å². The summed E-state index contributed by atoms with van der Waals surface area (Å²) in [6.45, 7) is 3.58. The van der Waals surface area contributed by atoms with Gasteiger partial charge in [0, 0.05) is 23.4 Å². The van der Waals surface area contributed by atoms with Gasteiger partial charge in [0.2, 0.25) is 0 Å². The van der Waals surface area contributed by atoms with E-state index < -0.39 is 5.97 Å². The smallest absolute Gasteiger partial charge is 0.307 e. The van der Waals surface area contributed by atoms with Crippen LogP contribution in [0.3, 0.4) is 0 Å². The maximum atomic E-state index is 10.8. The molecular formula is C15H16N2O3. The molecule has 0 bridgehead atoms. The van der Waals surface area contributed by atoms with Gasteiger partial charge in [-0.25, -0.2) is 9.97 Å². The van der Waals surface area contributed by atoms with Crippen LogP contribution in [0, 0.1) is 13.8 Å². The van der Waals surface area contributed by atoms with Gasteiger partial charge in [-0.2, -0.15) is 0 Å². The molecule has 0 aliphatic heterocycles. The van der Waals surface area contributed by atoms with E-state index in [1.807, 2.05) is 6.07 Å². The molecule has 1 heterocycles. The van der Waals surface area contributed by atoms with Crippen LogP contribution in [-0.2, 0) is 17.6 Å². The zero-order valence-electron chi connectivity index (χ0n) is 11.4. The molecule has 0 radical (unpaired) electrons. The molecule has 2 aromatic rings. The number of phenols is 1. The van der Waals surface area contributed by atoms with E-state index in [-0.39, 0.29) is 12.2 Å². The molecular weight excluding hydrogens is 256 g/mol. The van der Waals surface area contributed by atoms with E-state index in [0.717, 1.165) is 5.56 Å². The Labute approximate surface area is 117 Å². The summed E-state index contributed by atoms with van der Waals surface area (Å²) in [5, 5.41) is 18.3. The van der Waals surface area contributed by atoms with Gasteiger partial charge in [-0.1, -0.05) is 12.1 Å². The van der Waals surface area contributed by atoms with Crippen LogP contribution in [-0.4, -0.2) is 26.2 Å². The van der Waals surface area contributed by atoms with E-state index in [2.05, 4.69) is 9.97 Å². The SMILES string of the molecule is Cc1nc(Cc2cccc(O)c2)nc(C)c1CC(=O)O. The second-order valence-corrected chi connectivity index (χ2v) is 4.71. The maximum absolute atomic E-state index is 10.8. The highest BCUT2D eigenvalue weighted by Crippen LogP contribution is 2.16. The first kappa shape index (κ1) is 14.0. The Bertz CT molecular complexity index is 630. The first-order valence-corrected chi connectivity index (χ1v) is 6.28. The van der Waals surface area contributed by atoms with Crippen molar-refractivity contribution < 1.29 is 15.0 Å². The van der Waals surface area contributed by atoms with Crippen molar-refractivity contribution >= 4 is 5.97 Å². The van der Waals surface area contributed by atoms with Crippen LogP contribution in [0.25, 0.3) is 0 Å². The fourth-order valence-corrected chi connectivity index (χ4v) is 2.14. The monoisotopic (exact) mass is 272 g/mol. The molecule has 1 aromatic heterocycles. The Morgan fingerprint density at radius 1 is 1.20 bits per heavy atom. The average molecular weight is 272 g/mol. The summed E-state index contributed by atoms with van der Waals surface area (Å²) in [6.07, 6.45) is 0.438. The highest BCUT2D eigenvalue weighted by atomic mass is 16.4. The molecule has 0 unspecified atom stereocenters. The number of aromatic hydroxyl groups is 1. The fraction of sp³-hybridized carbons (Fsp3) is 0.267. The Balaban J connectivity index is 2.28. The lowest BCUT2D eigenvalue weighted by molar-refractivity contribution is -0.136. The van der Waals surface area contributed by atoms with Crippen molar-refractivity contribution in [1.82, 2.24) is 9.97 Å². The largest absolute Gasteiger partial charge is 0.508 e. The van der Waals surface area contributed by atoms with Crippen molar-refractivity contribution in [2.45, 2.75) is 26.7 Å². The summed E-state index contributed by atoms with van der Waals surface area (Å²) in [5.41, 5.74) is 2.96. The first-order valence-electron chi connectivity index (χ1n) is 6.28. The number of hydrogen-bond acceptors (Lipinski definition) is 4. The number of aromatic nitrogens is 2. The van der Waals surface area contributed by atoms with Crippen molar-refractivity contribution in [3.63, 3.8) is 0 Å². The molecule has 2 N–H and O–H groups in total. The summed E-state index contributed by atoms with van der Waals surface area (Å²) >= 11 is 0. The number of hydrogen-bond donors (Lipinski definition) is 2. The molecule has 0 spiro atoms. The van der Waals surface area contributed by atoms with Gasteiger partial charge in [-0.3, -0.25) is 4.79 Å². The third-order valence-electron chi connectivity index (χ3n) is 3.07. The summed E-state index contributed by atoms with van der Waals surface area (Å²) in [5.74, 6) is -0.0567. The molecule has 5 heteroatoms. The van der Waals surface area contributed by atoms with Gasteiger partial charge < -0.3 is 10.2 Å². The number of nitrogens with zero attached hydrogens (tertiary/aromatic N) is 2. The topological polar surface area (TPSA) is 83.3 Å². The van der Waals surface area contributed by atoms with Crippen molar-refractivity contribution in [1.29, 1.82) is 0 Å². The van der Waals surface area contributed by atoms with E-state index in [1.54, 1.807) is 32.0 Å². The highest BCUT2D eigenvalue weighted by Gasteiger charge is 2.12. The third-order valence-corrected chi connectivity index (χ3v) is 3.07. The molecule has 0 aliphatic rings. The third kappa shape index (κ3) is 3.32. The number of benzene rings is 1. The van der Waals surface area contributed by atoms with Crippen molar-refractivity contribution in [2.24, 2.45) is 0 Å². The van der Waals surface area contributed by atoms with Crippen LogP contribution >= 0.6 is 0 Å². The molecule has 104 valence electrons. The maximum Gasteiger partial charge on any atom is 0.307 e. The normalized spacial score (nSPS) is 10.5. The lowest BCUT2D eigenvalue weighted by Crippen LogP contribution is -2.10. The summed E-state index contributed by atoms with van der Waals surface area (Å²) in [4.78, 5) is 19.5. The standard InChI is InChI=1S/C15H16N2O3/c1-9-13(8-15(19)20)10(2)17-14(16-9)7-11-4-3-5-12(18)6-11/h3-6,18H,7-8H2,1-2H3,(H,19,20). The molecule has 0 saturated heterocycles. The summed E-state index contributed by atoms with van der Waals surface area (Å²) in [6, 6.07) is 6.93. The molecule has 0 atom stereocenters. The van der Waals surface area contributed by atoms with Gasteiger partial charge in [0.15, 0.2) is 0 Å². The quantitative estimate of drug-likeness (QED) is 0.889. The first-order chi connectivity index (χ1) is 9.45. The zero-order valence-corrected chi connectivity index (χ0v) is 11.4. The Morgan fingerprint density at radius 2 is 1.85 bits per heavy atom. The van der Waals surface area contributed by atoms with Crippen molar-refractivity contribution in [2.75, 3.05) is 0 Å². The number of aliphatic carboxylic acids is 1. The number of aryl methyl sites for hydroxylation is 2. The molecule has 20 heavy (non-hydrogen) atoms. The lowest BCUT2D eigenvalue weighted by Gasteiger charge is -2.09. The highest BCUT2D eigenvalue weighted by molar-refractivity contribution is 5.70. The van der Waals surface area contributed by atoms with Gasteiger partial charge in [-0.15, -0.1) is 0 Å². The Hall–Kier alpha value is -2.43. The lowest BCUT2D eigenvalue weighted by atomic mass is 10.1. The fourth-order valence-electron chi connectivity index (χ4n) is 2.14. The Morgan fingerprint density at radius 3 is 2.40 bits per heavy atom. The molecule has 2 rings (SSSR count). The molecule has 0 aliphatic carbocycles. The number of rotatable bonds is 4. The summed E-state index contributed by atoms with van der Waals surface area (Å²) < 4.78 is 0. The molecule has 0 amide bonds. The average Bonchev–Trinajstić information content (AvgIpc) is 2.33. The van der Waals surface area contributed by atoms with Gasteiger partial charge in [-0.05, 0) is 31.5 Å². The molecule has 0 saturated carbocycles. The predicted molar refractivity (Wildman–Crippen MR) is 73.8 cm³/mol. The minimum absolute atomic E-state index is 0.0654.